The van der Waals surface area contributed by atoms with Crippen molar-refractivity contribution in [2.24, 2.45) is 0 Å². The van der Waals surface area contributed by atoms with E-state index in [0.717, 1.165) is 13.0 Å². The molecule has 0 amide bonds. The predicted octanol–water partition coefficient (Wildman–Crippen LogP) is 9.00. The Hall–Kier alpha value is 0.137. The van der Waals surface area contributed by atoms with Gasteiger partial charge in [-0.05, 0) is 38.4 Å². The lowest BCUT2D eigenvalue weighted by molar-refractivity contribution is -0.111. The molecule has 1 aliphatic heterocycles. The van der Waals surface area contributed by atoms with Crippen molar-refractivity contribution >= 4 is 8.32 Å². The van der Waals surface area contributed by atoms with E-state index in [-0.39, 0.29) is 6.29 Å². The molecular weight excluding hydrogens is 360 g/mol. The normalized spacial score (nSPS) is 17.9. The van der Waals surface area contributed by atoms with Gasteiger partial charge in [-0.3, -0.25) is 0 Å². The molecule has 2 nitrogen and oxygen atoms in total. The van der Waals surface area contributed by atoms with Crippen LogP contribution in [0.2, 0.25) is 19.1 Å². The van der Waals surface area contributed by atoms with E-state index in [1.165, 1.54) is 122 Å². The van der Waals surface area contributed by atoms with E-state index in [1.807, 2.05) is 0 Å². The summed E-state index contributed by atoms with van der Waals surface area (Å²) in [6, 6.07) is 1.30. The number of unbranched alkanes of at least 4 members (excludes halogenated alkanes) is 15. The van der Waals surface area contributed by atoms with Gasteiger partial charge in [0, 0.05) is 6.61 Å². The zero-order valence-corrected chi connectivity index (χ0v) is 20.7. The summed E-state index contributed by atoms with van der Waals surface area (Å²) < 4.78 is 12.1. The summed E-state index contributed by atoms with van der Waals surface area (Å²) in [6.07, 6.45) is 26.7. The van der Waals surface area contributed by atoms with Gasteiger partial charge in [0.05, 0.1) is 0 Å². The van der Waals surface area contributed by atoms with Crippen molar-refractivity contribution in [3.05, 3.63) is 0 Å². The predicted molar refractivity (Wildman–Crippen MR) is 127 cm³/mol. The molecule has 3 heteroatoms. The summed E-state index contributed by atoms with van der Waals surface area (Å²) in [4.78, 5) is 0. The highest BCUT2D eigenvalue weighted by atomic mass is 28.4. The van der Waals surface area contributed by atoms with E-state index in [1.54, 1.807) is 0 Å². The Kier molecular flexibility index (Phi) is 16.8. The molecule has 0 aromatic carbocycles. The summed E-state index contributed by atoms with van der Waals surface area (Å²) in [5.41, 5.74) is 0. The molecule has 0 N–H and O–H groups in total. The van der Waals surface area contributed by atoms with E-state index < -0.39 is 8.32 Å². The highest BCUT2D eigenvalue weighted by Gasteiger charge is 2.27. The Morgan fingerprint density at radius 1 is 0.679 bits per heavy atom. The summed E-state index contributed by atoms with van der Waals surface area (Å²) in [7, 11) is -1.52. The Bertz CT molecular complexity index is 327. The second-order valence-corrected chi connectivity index (χ2v) is 14.0. The van der Waals surface area contributed by atoms with Gasteiger partial charge in [0.2, 0.25) is 0 Å². The lowest BCUT2D eigenvalue weighted by atomic mass is 10.0. The molecule has 1 unspecified atom stereocenters. The molecule has 1 heterocycles. The molecule has 1 atom stereocenters. The fourth-order valence-electron chi connectivity index (χ4n) is 4.32. The minimum Gasteiger partial charge on any atom is -0.393 e. The van der Waals surface area contributed by atoms with Gasteiger partial charge in [-0.25, -0.2) is 0 Å². The highest BCUT2D eigenvalue weighted by molar-refractivity contribution is 6.71. The van der Waals surface area contributed by atoms with Gasteiger partial charge in [0.15, 0.2) is 8.32 Å². The van der Waals surface area contributed by atoms with Crippen LogP contribution in [0, 0.1) is 0 Å². The SMILES string of the molecule is CCCCCCCCCCCCCCCCCC[Si](C)(C)OC1CCCCO1. The zero-order chi connectivity index (χ0) is 20.3. The molecule has 0 saturated carbocycles. The van der Waals surface area contributed by atoms with E-state index >= 15 is 0 Å². The first-order valence-corrected chi connectivity index (χ1v) is 16.0. The van der Waals surface area contributed by atoms with Gasteiger partial charge in [-0.15, -0.1) is 0 Å². The lowest BCUT2D eigenvalue weighted by Crippen LogP contribution is -2.38. The maximum atomic E-state index is 6.32. The molecule has 1 rings (SSSR count). The third kappa shape index (κ3) is 16.0. The molecule has 0 aromatic rings. The minimum absolute atomic E-state index is 0.108. The molecule has 1 saturated heterocycles. The maximum Gasteiger partial charge on any atom is 0.190 e. The summed E-state index contributed by atoms with van der Waals surface area (Å²) >= 11 is 0. The molecule has 28 heavy (non-hydrogen) atoms. The van der Waals surface area contributed by atoms with Gasteiger partial charge < -0.3 is 9.16 Å². The van der Waals surface area contributed by atoms with Crippen LogP contribution in [0.4, 0.5) is 0 Å². The summed E-state index contributed by atoms with van der Waals surface area (Å²) in [5.74, 6) is 0. The first-order chi connectivity index (χ1) is 13.6. The van der Waals surface area contributed by atoms with E-state index in [0.29, 0.717) is 0 Å². The fraction of sp³-hybridized carbons (Fsp3) is 1.00. The number of rotatable bonds is 19. The second kappa shape index (κ2) is 17.9. The second-order valence-electron chi connectivity index (χ2n) is 9.73. The molecule has 1 fully saturated rings. The van der Waals surface area contributed by atoms with Crippen LogP contribution in [-0.4, -0.2) is 21.2 Å². The lowest BCUT2D eigenvalue weighted by Gasteiger charge is -2.31. The summed E-state index contributed by atoms with van der Waals surface area (Å²) in [6.45, 7) is 7.94. The van der Waals surface area contributed by atoms with Crippen LogP contribution in [0.3, 0.4) is 0 Å². The fourth-order valence-corrected chi connectivity index (χ4v) is 6.43. The smallest absolute Gasteiger partial charge is 0.190 e. The van der Waals surface area contributed by atoms with E-state index in [4.69, 9.17) is 9.16 Å². The van der Waals surface area contributed by atoms with Gasteiger partial charge in [0.1, 0.15) is 6.29 Å². The summed E-state index contributed by atoms with van der Waals surface area (Å²) in [5, 5.41) is 0. The minimum atomic E-state index is -1.52. The monoisotopic (exact) mass is 412 g/mol. The van der Waals surface area contributed by atoms with Crippen molar-refractivity contribution in [2.75, 3.05) is 6.61 Å². The van der Waals surface area contributed by atoms with Crippen molar-refractivity contribution < 1.29 is 9.16 Å². The van der Waals surface area contributed by atoms with Crippen molar-refractivity contribution in [1.82, 2.24) is 0 Å². The first-order valence-electron chi connectivity index (χ1n) is 12.9. The molecule has 0 aromatic heterocycles. The Balaban J connectivity index is 1.79. The zero-order valence-electron chi connectivity index (χ0n) is 19.7. The van der Waals surface area contributed by atoms with Gasteiger partial charge in [-0.1, -0.05) is 110 Å². The Labute approximate surface area is 178 Å². The maximum absolute atomic E-state index is 6.32. The van der Waals surface area contributed by atoms with Crippen LogP contribution in [0.25, 0.3) is 0 Å². The van der Waals surface area contributed by atoms with Crippen LogP contribution >= 0.6 is 0 Å². The largest absolute Gasteiger partial charge is 0.393 e. The molecule has 0 bridgehead atoms. The quantitative estimate of drug-likeness (QED) is 0.156. The molecular formula is C25H52O2Si. The standard InChI is InChI=1S/C25H52O2Si/c1-4-5-6-7-8-9-10-11-12-13-14-15-16-17-18-21-24-28(2,3)27-25-22-19-20-23-26-25/h25H,4-24H2,1-3H3. The van der Waals surface area contributed by atoms with Crippen LogP contribution in [0.1, 0.15) is 129 Å². The van der Waals surface area contributed by atoms with Crippen molar-refractivity contribution in [1.29, 1.82) is 0 Å². The molecule has 0 spiro atoms. The van der Waals surface area contributed by atoms with Crippen LogP contribution < -0.4 is 0 Å². The van der Waals surface area contributed by atoms with Gasteiger partial charge in [-0.2, -0.15) is 0 Å². The van der Waals surface area contributed by atoms with Crippen LogP contribution in [0.5, 0.6) is 0 Å². The van der Waals surface area contributed by atoms with E-state index in [2.05, 4.69) is 20.0 Å². The first kappa shape index (κ1) is 26.2. The number of hydrogen-bond acceptors (Lipinski definition) is 2. The molecule has 1 aliphatic rings. The molecule has 0 aliphatic carbocycles. The average Bonchev–Trinajstić information content (AvgIpc) is 2.68. The van der Waals surface area contributed by atoms with Crippen LogP contribution in [0.15, 0.2) is 0 Å². The molecule has 0 radical (unpaired) electrons. The topological polar surface area (TPSA) is 18.5 Å². The number of hydrogen-bond donors (Lipinski definition) is 0. The van der Waals surface area contributed by atoms with Crippen molar-refractivity contribution in [3.63, 3.8) is 0 Å². The third-order valence-electron chi connectivity index (χ3n) is 6.22. The Morgan fingerprint density at radius 3 is 1.57 bits per heavy atom. The van der Waals surface area contributed by atoms with E-state index in [9.17, 15) is 0 Å². The Morgan fingerprint density at radius 2 is 1.14 bits per heavy atom. The van der Waals surface area contributed by atoms with Crippen LogP contribution in [-0.2, 0) is 9.16 Å². The highest BCUT2D eigenvalue weighted by Crippen LogP contribution is 2.23. The number of ether oxygens (including phenoxy) is 1. The van der Waals surface area contributed by atoms with Gasteiger partial charge in [0.25, 0.3) is 0 Å². The van der Waals surface area contributed by atoms with Crippen molar-refractivity contribution in [2.45, 2.75) is 154 Å². The van der Waals surface area contributed by atoms with Gasteiger partial charge >= 0.3 is 0 Å². The third-order valence-corrected chi connectivity index (χ3v) is 8.68. The van der Waals surface area contributed by atoms with Crippen molar-refractivity contribution in [3.8, 4) is 0 Å². The average molecular weight is 413 g/mol. The molecule has 168 valence electrons.